The highest BCUT2D eigenvalue weighted by molar-refractivity contribution is 5.43. The molecule has 1 nitrogen and oxygen atoms in total. The average Bonchev–Trinajstić information content (AvgIpc) is 2.30. The summed E-state index contributed by atoms with van der Waals surface area (Å²) in [6, 6.07) is 16.7. The predicted octanol–water partition coefficient (Wildman–Crippen LogP) is 2.79. The first kappa shape index (κ1) is 9.36. The van der Waals surface area contributed by atoms with Gasteiger partial charge in [0.1, 0.15) is 5.75 Å². The Kier molecular flexibility index (Phi) is 2.71. The highest BCUT2D eigenvalue weighted by Crippen LogP contribution is 2.08. The lowest BCUT2D eigenvalue weighted by molar-refractivity contribution is 0.475. The molecule has 0 fully saturated rings. The number of rotatable bonds is 0. The van der Waals surface area contributed by atoms with Crippen LogP contribution in [-0.4, -0.2) is 5.11 Å². The zero-order chi connectivity index (χ0) is 10.5. The molecule has 0 bridgehead atoms. The van der Waals surface area contributed by atoms with Crippen molar-refractivity contribution in [2.24, 2.45) is 0 Å². The summed E-state index contributed by atoms with van der Waals surface area (Å²) in [5.41, 5.74) is 1.89. The molecule has 0 aliphatic carbocycles. The molecule has 0 aliphatic rings. The van der Waals surface area contributed by atoms with Crippen LogP contribution in [0.5, 0.6) is 5.75 Å². The van der Waals surface area contributed by atoms with E-state index in [0.29, 0.717) is 0 Å². The summed E-state index contributed by atoms with van der Waals surface area (Å²) in [7, 11) is 0. The molecule has 0 saturated carbocycles. The lowest BCUT2D eigenvalue weighted by Gasteiger charge is -1.91. The van der Waals surface area contributed by atoms with Gasteiger partial charge in [-0.15, -0.1) is 0 Å². The van der Waals surface area contributed by atoms with Gasteiger partial charge < -0.3 is 5.11 Å². The molecule has 1 heteroatoms. The molecule has 0 spiro atoms. The molecular weight excluding hydrogens is 184 g/mol. The Morgan fingerprint density at radius 1 is 0.667 bits per heavy atom. The van der Waals surface area contributed by atoms with Crippen LogP contribution < -0.4 is 0 Å². The molecule has 0 atom stereocenters. The van der Waals surface area contributed by atoms with Gasteiger partial charge in [-0.1, -0.05) is 30.0 Å². The Hall–Kier alpha value is -2.20. The predicted molar refractivity (Wildman–Crippen MR) is 60.5 cm³/mol. The first-order chi connectivity index (χ1) is 7.34. The van der Waals surface area contributed by atoms with E-state index in [2.05, 4.69) is 11.8 Å². The van der Waals surface area contributed by atoms with Crippen molar-refractivity contribution in [2.45, 2.75) is 0 Å². The van der Waals surface area contributed by atoms with E-state index in [0.717, 1.165) is 11.1 Å². The third kappa shape index (κ3) is 2.62. The molecule has 0 heterocycles. The lowest BCUT2D eigenvalue weighted by atomic mass is 10.2. The summed E-state index contributed by atoms with van der Waals surface area (Å²) in [6.45, 7) is 0. The molecular formula is C14H10O. The van der Waals surface area contributed by atoms with E-state index in [1.165, 1.54) is 0 Å². The van der Waals surface area contributed by atoms with E-state index in [4.69, 9.17) is 5.11 Å². The van der Waals surface area contributed by atoms with Gasteiger partial charge in [0, 0.05) is 11.1 Å². The molecule has 2 aromatic rings. The number of phenolic OH excluding ortho intramolecular Hbond substituents is 1. The van der Waals surface area contributed by atoms with Gasteiger partial charge >= 0.3 is 0 Å². The van der Waals surface area contributed by atoms with Crippen molar-refractivity contribution in [3.8, 4) is 17.6 Å². The fourth-order valence-corrected chi connectivity index (χ4v) is 1.21. The highest BCUT2D eigenvalue weighted by Gasteiger charge is 1.87. The van der Waals surface area contributed by atoms with Crippen LogP contribution in [0.3, 0.4) is 0 Å². The first-order valence-electron chi connectivity index (χ1n) is 4.71. The van der Waals surface area contributed by atoms with E-state index in [1.54, 1.807) is 24.3 Å². The monoisotopic (exact) mass is 194 g/mol. The Balaban J connectivity index is 2.22. The topological polar surface area (TPSA) is 20.2 Å². The van der Waals surface area contributed by atoms with Gasteiger partial charge in [-0.3, -0.25) is 0 Å². The van der Waals surface area contributed by atoms with E-state index in [-0.39, 0.29) is 5.75 Å². The fraction of sp³-hybridized carbons (Fsp3) is 0. The van der Waals surface area contributed by atoms with Gasteiger partial charge in [0.25, 0.3) is 0 Å². The van der Waals surface area contributed by atoms with E-state index >= 15 is 0 Å². The summed E-state index contributed by atoms with van der Waals surface area (Å²) in [5.74, 6) is 6.34. The minimum absolute atomic E-state index is 0.264. The summed E-state index contributed by atoms with van der Waals surface area (Å²) in [4.78, 5) is 0. The quantitative estimate of drug-likeness (QED) is 0.639. The van der Waals surface area contributed by atoms with Crippen molar-refractivity contribution in [1.82, 2.24) is 0 Å². The summed E-state index contributed by atoms with van der Waals surface area (Å²) in [6.07, 6.45) is 0. The maximum atomic E-state index is 9.09. The van der Waals surface area contributed by atoms with Gasteiger partial charge in [0.15, 0.2) is 0 Å². The summed E-state index contributed by atoms with van der Waals surface area (Å²) >= 11 is 0. The van der Waals surface area contributed by atoms with Crippen LogP contribution in [0.1, 0.15) is 11.1 Å². The zero-order valence-electron chi connectivity index (χ0n) is 8.14. The number of hydrogen-bond acceptors (Lipinski definition) is 1. The Morgan fingerprint density at radius 2 is 1.20 bits per heavy atom. The van der Waals surface area contributed by atoms with Crippen molar-refractivity contribution in [3.05, 3.63) is 65.7 Å². The summed E-state index contributed by atoms with van der Waals surface area (Å²) in [5, 5.41) is 9.09. The zero-order valence-corrected chi connectivity index (χ0v) is 8.14. The maximum Gasteiger partial charge on any atom is 0.115 e. The third-order valence-electron chi connectivity index (χ3n) is 1.99. The highest BCUT2D eigenvalue weighted by atomic mass is 16.3. The van der Waals surface area contributed by atoms with E-state index < -0.39 is 0 Å². The van der Waals surface area contributed by atoms with E-state index in [1.807, 2.05) is 30.3 Å². The second-order valence-electron chi connectivity index (χ2n) is 3.16. The van der Waals surface area contributed by atoms with Gasteiger partial charge in [-0.2, -0.15) is 0 Å². The number of aromatic hydroxyl groups is 1. The molecule has 0 aliphatic heterocycles. The van der Waals surface area contributed by atoms with E-state index in [9.17, 15) is 0 Å². The molecule has 0 radical (unpaired) electrons. The second kappa shape index (κ2) is 4.34. The standard InChI is InChI=1S/C14H10O/c15-14-10-8-13(9-11-14)7-6-12-4-2-1-3-5-12/h1-5,8-11,15H. The van der Waals surface area contributed by atoms with Gasteiger partial charge in [0.2, 0.25) is 0 Å². The minimum atomic E-state index is 0.264. The van der Waals surface area contributed by atoms with Crippen LogP contribution in [-0.2, 0) is 0 Å². The average molecular weight is 194 g/mol. The smallest absolute Gasteiger partial charge is 0.115 e. The lowest BCUT2D eigenvalue weighted by Crippen LogP contribution is -1.74. The normalized spacial score (nSPS) is 9.07. The van der Waals surface area contributed by atoms with Crippen LogP contribution >= 0.6 is 0 Å². The molecule has 15 heavy (non-hydrogen) atoms. The van der Waals surface area contributed by atoms with Crippen molar-refractivity contribution < 1.29 is 5.11 Å². The SMILES string of the molecule is Oc1ccc(C#Cc2ccccc2)cc1. The molecule has 0 saturated heterocycles. The largest absolute Gasteiger partial charge is 0.508 e. The molecule has 0 unspecified atom stereocenters. The maximum absolute atomic E-state index is 9.09. The Labute approximate surface area is 89.0 Å². The van der Waals surface area contributed by atoms with Crippen LogP contribution in [0, 0.1) is 11.8 Å². The van der Waals surface area contributed by atoms with Gasteiger partial charge in [-0.25, -0.2) is 0 Å². The number of benzene rings is 2. The molecule has 0 amide bonds. The van der Waals surface area contributed by atoms with Crippen molar-refractivity contribution in [2.75, 3.05) is 0 Å². The van der Waals surface area contributed by atoms with Crippen LogP contribution in [0.15, 0.2) is 54.6 Å². The molecule has 72 valence electrons. The van der Waals surface area contributed by atoms with Crippen LogP contribution in [0.4, 0.5) is 0 Å². The van der Waals surface area contributed by atoms with Gasteiger partial charge in [-0.05, 0) is 36.4 Å². The van der Waals surface area contributed by atoms with Crippen LogP contribution in [0.25, 0.3) is 0 Å². The second-order valence-corrected chi connectivity index (χ2v) is 3.16. The molecule has 2 aromatic carbocycles. The number of phenols is 1. The van der Waals surface area contributed by atoms with Gasteiger partial charge in [0.05, 0.1) is 0 Å². The Bertz CT molecular complexity index is 486. The molecule has 2 rings (SSSR count). The van der Waals surface area contributed by atoms with Crippen molar-refractivity contribution in [3.63, 3.8) is 0 Å². The third-order valence-corrected chi connectivity index (χ3v) is 1.99. The summed E-state index contributed by atoms with van der Waals surface area (Å²) < 4.78 is 0. The van der Waals surface area contributed by atoms with Crippen molar-refractivity contribution in [1.29, 1.82) is 0 Å². The molecule has 0 aromatic heterocycles. The minimum Gasteiger partial charge on any atom is -0.508 e. The number of hydrogen-bond donors (Lipinski definition) is 1. The Morgan fingerprint density at radius 3 is 1.80 bits per heavy atom. The first-order valence-corrected chi connectivity index (χ1v) is 4.71. The molecule has 1 N–H and O–H groups in total. The van der Waals surface area contributed by atoms with Crippen LogP contribution in [0.2, 0.25) is 0 Å². The van der Waals surface area contributed by atoms with Crippen molar-refractivity contribution >= 4 is 0 Å². The fourth-order valence-electron chi connectivity index (χ4n) is 1.21.